The molecule has 0 saturated carbocycles. The Morgan fingerprint density at radius 3 is 1.91 bits per heavy atom. The Morgan fingerprint density at radius 1 is 0.913 bits per heavy atom. The minimum absolute atomic E-state index is 0.112. The fourth-order valence-electron chi connectivity index (χ4n) is 1.48. The molecule has 0 aliphatic rings. The van der Waals surface area contributed by atoms with Gasteiger partial charge in [0.25, 0.3) is 0 Å². The highest BCUT2D eigenvalue weighted by Crippen LogP contribution is 1.98. The highest BCUT2D eigenvalue weighted by molar-refractivity contribution is 5.89. The minimum Gasteiger partial charge on any atom is -0.481 e. The summed E-state index contributed by atoms with van der Waals surface area (Å²) in [5, 5.41) is 30.0. The molecule has 0 aromatic heterocycles. The summed E-state index contributed by atoms with van der Waals surface area (Å²) in [5.41, 5.74) is 5.42. The molecule has 0 saturated heterocycles. The van der Waals surface area contributed by atoms with E-state index in [2.05, 4.69) is 10.6 Å². The SMILES string of the molecule is NC(CCC(=O)O)C(=O)NCC(=O)NC(CCC(=O)O)C(=O)O. The first-order chi connectivity index (χ1) is 10.6. The molecule has 11 nitrogen and oxygen atoms in total. The van der Waals surface area contributed by atoms with Crippen LogP contribution in [0.1, 0.15) is 25.7 Å². The predicted octanol–water partition coefficient (Wildman–Crippen LogP) is -2.27. The molecule has 2 amide bonds. The minimum atomic E-state index is -1.40. The normalized spacial score (nSPS) is 12.7. The van der Waals surface area contributed by atoms with Gasteiger partial charge in [-0.1, -0.05) is 0 Å². The molecule has 0 fully saturated rings. The quantitative estimate of drug-likeness (QED) is 0.241. The highest BCUT2D eigenvalue weighted by atomic mass is 16.4. The van der Waals surface area contributed by atoms with Crippen LogP contribution in [0.25, 0.3) is 0 Å². The van der Waals surface area contributed by atoms with Gasteiger partial charge in [-0.25, -0.2) is 4.79 Å². The summed E-state index contributed by atoms with van der Waals surface area (Å²) in [6, 6.07) is -2.50. The first-order valence-corrected chi connectivity index (χ1v) is 6.62. The molecular formula is C12H19N3O8. The number of carbonyl (C=O) groups excluding carboxylic acids is 2. The molecule has 2 unspecified atom stereocenters. The number of rotatable bonds is 11. The third kappa shape index (κ3) is 9.79. The van der Waals surface area contributed by atoms with E-state index >= 15 is 0 Å². The van der Waals surface area contributed by atoms with Crippen molar-refractivity contribution in [2.24, 2.45) is 5.73 Å². The van der Waals surface area contributed by atoms with Crippen LogP contribution in [0, 0.1) is 0 Å². The molecule has 0 bridgehead atoms. The number of aliphatic carboxylic acids is 3. The van der Waals surface area contributed by atoms with Crippen molar-refractivity contribution in [1.29, 1.82) is 0 Å². The monoisotopic (exact) mass is 333 g/mol. The molecule has 11 heteroatoms. The van der Waals surface area contributed by atoms with Gasteiger partial charge in [0.15, 0.2) is 0 Å². The van der Waals surface area contributed by atoms with Crippen molar-refractivity contribution in [3.63, 3.8) is 0 Å². The molecule has 0 aromatic rings. The maximum absolute atomic E-state index is 11.5. The second kappa shape index (κ2) is 10.1. The second-order valence-corrected chi connectivity index (χ2v) is 4.65. The summed E-state index contributed by atoms with van der Waals surface area (Å²) in [6.45, 7) is -0.559. The molecule has 130 valence electrons. The second-order valence-electron chi connectivity index (χ2n) is 4.65. The van der Waals surface area contributed by atoms with Crippen LogP contribution in [0.2, 0.25) is 0 Å². The van der Waals surface area contributed by atoms with E-state index in [4.69, 9.17) is 21.1 Å². The van der Waals surface area contributed by atoms with Crippen LogP contribution >= 0.6 is 0 Å². The summed E-state index contributed by atoms with van der Waals surface area (Å²) in [7, 11) is 0. The third-order valence-electron chi connectivity index (χ3n) is 2.71. The van der Waals surface area contributed by atoms with Gasteiger partial charge in [0, 0.05) is 12.8 Å². The lowest BCUT2D eigenvalue weighted by atomic mass is 10.1. The van der Waals surface area contributed by atoms with Gasteiger partial charge in [-0.2, -0.15) is 0 Å². The fraction of sp³-hybridized carbons (Fsp3) is 0.583. The topological polar surface area (TPSA) is 196 Å². The summed E-state index contributed by atoms with van der Waals surface area (Å²) in [4.78, 5) is 54.6. The lowest BCUT2D eigenvalue weighted by Gasteiger charge is -2.15. The predicted molar refractivity (Wildman–Crippen MR) is 74.3 cm³/mol. The van der Waals surface area contributed by atoms with Gasteiger partial charge >= 0.3 is 17.9 Å². The summed E-state index contributed by atoms with van der Waals surface area (Å²) < 4.78 is 0. The standard InChI is InChI=1S/C12H19N3O8/c13-6(1-3-9(17)18)11(21)14-5-8(16)15-7(12(22)23)2-4-10(19)20/h6-7H,1-5,13H2,(H,14,21)(H,15,16)(H,17,18)(H,19,20)(H,22,23). The van der Waals surface area contributed by atoms with Crippen LogP contribution in [0.3, 0.4) is 0 Å². The van der Waals surface area contributed by atoms with Crippen molar-refractivity contribution < 1.29 is 39.3 Å². The Hall–Kier alpha value is -2.69. The maximum Gasteiger partial charge on any atom is 0.326 e. The Morgan fingerprint density at radius 2 is 1.43 bits per heavy atom. The molecule has 0 rings (SSSR count). The van der Waals surface area contributed by atoms with E-state index in [0.29, 0.717) is 0 Å². The van der Waals surface area contributed by atoms with Crippen molar-refractivity contribution in [1.82, 2.24) is 10.6 Å². The number of hydrogen-bond acceptors (Lipinski definition) is 6. The van der Waals surface area contributed by atoms with Crippen molar-refractivity contribution in [2.75, 3.05) is 6.54 Å². The number of amides is 2. The van der Waals surface area contributed by atoms with Crippen LogP contribution in [0.15, 0.2) is 0 Å². The van der Waals surface area contributed by atoms with Gasteiger partial charge < -0.3 is 31.7 Å². The zero-order chi connectivity index (χ0) is 18.0. The van der Waals surface area contributed by atoms with Gasteiger partial charge in [-0.05, 0) is 12.8 Å². The van der Waals surface area contributed by atoms with Crippen molar-refractivity contribution in [3.8, 4) is 0 Å². The Balaban J connectivity index is 4.25. The van der Waals surface area contributed by atoms with Crippen LogP contribution < -0.4 is 16.4 Å². The number of carbonyl (C=O) groups is 5. The molecular weight excluding hydrogens is 314 g/mol. The number of carboxylic acids is 3. The Labute approximate surface area is 130 Å². The van der Waals surface area contributed by atoms with Crippen molar-refractivity contribution in [3.05, 3.63) is 0 Å². The van der Waals surface area contributed by atoms with E-state index in [1.54, 1.807) is 0 Å². The molecule has 0 aromatic carbocycles. The molecule has 23 heavy (non-hydrogen) atoms. The van der Waals surface area contributed by atoms with Gasteiger partial charge in [0.2, 0.25) is 11.8 Å². The van der Waals surface area contributed by atoms with Gasteiger partial charge in [-0.3, -0.25) is 19.2 Å². The molecule has 0 aliphatic carbocycles. The average Bonchev–Trinajstić information content (AvgIpc) is 2.45. The fourth-order valence-corrected chi connectivity index (χ4v) is 1.48. The molecule has 0 aliphatic heterocycles. The van der Waals surface area contributed by atoms with Crippen molar-refractivity contribution >= 4 is 29.7 Å². The first-order valence-electron chi connectivity index (χ1n) is 6.62. The highest BCUT2D eigenvalue weighted by Gasteiger charge is 2.22. The van der Waals surface area contributed by atoms with Crippen LogP contribution in [-0.4, -0.2) is 63.7 Å². The Bertz CT molecular complexity index is 479. The first kappa shape index (κ1) is 20.3. The number of hydrogen-bond donors (Lipinski definition) is 6. The number of carboxylic acid groups (broad SMARTS) is 3. The number of nitrogens with two attached hydrogens (primary N) is 1. The molecule has 2 atom stereocenters. The lowest BCUT2D eigenvalue weighted by molar-refractivity contribution is -0.143. The van der Waals surface area contributed by atoms with Crippen LogP contribution in [0.5, 0.6) is 0 Å². The van der Waals surface area contributed by atoms with Gasteiger partial charge in [0.1, 0.15) is 6.04 Å². The van der Waals surface area contributed by atoms with Crippen LogP contribution in [-0.2, 0) is 24.0 Å². The van der Waals surface area contributed by atoms with E-state index in [9.17, 15) is 24.0 Å². The zero-order valence-electron chi connectivity index (χ0n) is 12.2. The van der Waals surface area contributed by atoms with E-state index < -0.39 is 54.8 Å². The van der Waals surface area contributed by atoms with Gasteiger partial charge in [-0.15, -0.1) is 0 Å². The largest absolute Gasteiger partial charge is 0.481 e. The van der Waals surface area contributed by atoms with E-state index in [-0.39, 0.29) is 19.3 Å². The smallest absolute Gasteiger partial charge is 0.326 e. The van der Waals surface area contributed by atoms with Gasteiger partial charge in [0.05, 0.1) is 12.6 Å². The maximum atomic E-state index is 11.5. The summed E-state index contributed by atoms with van der Waals surface area (Å²) in [6.07, 6.45) is -1.16. The Kier molecular flexibility index (Phi) is 8.92. The summed E-state index contributed by atoms with van der Waals surface area (Å²) in [5.74, 6) is -5.30. The zero-order valence-corrected chi connectivity index (χ0v) is 12.2. The molecule has 0 spiro atoms. The third-order valence-corrected chi connectivity index (χ3v) is 2.71. The molecule has 7 N–H and O–H groups in total. The summed E-state index contributed by atoms with van der Waals surface area (Å²) >= 11 is 0. The van der Waals surface area contributed by atoms with Crippen LogP contribution in [0.4, 0.5) is 0 Å². The van der Waals surface area contributed by atoms with E-state index in [0.717, 1.165) is 0 Å². The average molecular weight is 333 g/mol. The lowest BCUT2D eigenvalue weighted by Crippen LogP contribution is -2.48. The van der Waals surface area contributed by atoms with Crippen molar-refractivity contribution in [2.45, 2.75) is 37.8 Å². The molecule has 0 radical (unpaired) electrons. The number of nitrogens with one attached hydrogen (secondary N) is 2. The molecule has 0 heterocycles. The van der Waals surface area contributed by atoms with E-state index in [1.165, 1.54) is 0 Å². The van der Waals surface area contributed by atoms with E-state index in [1.807, 2.05) is 0 Å².